The summed E-state index contributed by atoms with van der Waals surface area (Å²) in [6.07, 6.45) is 1.67. The Bertz CT molecular complexity index is 208. The number of nitrogens with two attached hydrogens (primary N) is 1. The smallest absolute Gasteiger partial charge is 0.115 e. The van der Waals surface area contributed by atoms with Crippen LogP contribution in [0, 0.1) is 5.41 Å². The second-order valence-corrected chi connectivity index (χ2v) is 3.76. The number of nitrogens with one attached hydrogen (secondary N) is 1. The van der Waals surface area contributed by atoms with Crippen molar-refractivity contribution in [3.63, 3.8) is 0 Å². The van der Waals surface area contributed by atoms with Gasteiger partial charge in [0, 0.05) is 11.1 Å². The van der Waals surface area contributed by atoms with Gasteiger partial charge in [-0.15, -0.1) is 0 Å². The van der Waals surface area contributed by atoms with E-state index in [9.17, 15) is 0 Å². The average Bonchev–Trinajstić information content (AvgIpc) is 1.86. The van der Waals surface area contributed by atoms with Crippen LogP contribution in [0.4, 0.5) is 0 Å². The largest absolute Gasteiger partial charge is 0.384 e. The fourth-order valence-corrected chi connectivity index (χ4v) is 0.883. The van der Waals surface area contributed by atoms with Crippen molar-refractivity contribution in [3.8, 4) is 0 Å². The number of nitrogens with zero attached hydrogens (tertiary/aromatic N) is 1. The number of hydrogen-bond acceptors (Lipinski definition) is 3. The van der Waals surface area contributed by atoms with Gasteiger partial charge in [-0.1, -0.05) is 20.8 Å². The SMILES string of the molecule is CC(C)(C)C1=NC=C(N)NC1. The van der Waals surface area contributed by atoms with Crippen LogP contribution < -0.4 is 11.1 Å². The molecule has 11 heavy (non-hydrogen) atoms. The van der Waals surface area contributed by atoms with Crippen LogP contribution in [0.3, 0.4) is 0 Å². The maximum absolute atomic E-state index is 5.48. The molecule has 0 aromatic carbocycles. The van der Waals surface area contributed by atoms with Crippen molar-refractivity contribution < 1.29 is 0 Å². The predicted molar refractivity (Wildman–Crippen MR) is 47.2 cm³/mol. The van der Waals surface area contributed by atoms with Crippen molar-refractivity contribution >= 4 is 5.71 Å². The maximum Gasteiger partial charge on any atom is 0.115 e. The second kappa shape index (κ2) is 2.57. The number of rotatable bonds is 0. The van der Waals surface area contributed by atoms with E-state index in [0.29, 0.717) is 5.82 Å². The molecule has 3 N–H and O–H groups in total. The van der Waals surface area contributed by atoms with Crippen LogP contribution in [0.1, 0.15) is 20.8 Å². The highest BCUT2D eigenvalue weighted by Crippen LogP contribution is 2.17. The summed E-state index contributed by atoms with van der Waals surface area (Å²) < 4.78 is 0. The summed E-state index contributed by atoms with van der Waals surface area (Å²) in [6, 6.07) is 0. The average molecular weight is 153 g/mol. The number of hydrogen-bond donors (Lipinski definition) is 2. The Balaban J connectivity index is 2.77. The molecule has 3 heteroatoms. The zero-order chi connectivity index (χ0) is 8.48. The minimum atomic E-state index is 0.143. The quantitative estimate of drug-likeness (QED) is 0.541. The summed E-state index contributed by atoms with van der Waals surface area (Å²) in [5, 5.41) is 3.05. The first-order valence-electron chi connectivity index (χ1n) is 3.77. The molecule has 0 amide bonds. The highest BCUT2D eigenvalue weighted by molar-refractivity contribution is 5.92. The van der Waals surface area contributed by atoms with Crippen LogP contribution in [0.5, 0.6) is 0 Å². The van der Waals surface area contributed by atoms with E-state index in [1.54, 1.807) is 6.20 Å². The zero-order valence-electron chi connectivity index (χ0n) is 7.31. The Kier molecular flexibility index (Phi) is 1.89. The summed E-state index contributed by atoms with van der Waals surface area (Å²) in [4.78, 5) is 4.25. The Morgan fingerprint density at radius 2 is 2.18 bits per heavy atom. The standard InChI is InChI=1S/C8H15N3/c1-8(2,3)6-4-11-7(9)5-10-6/h5,11H,4,9H2,1-3H3. The van der Waals surface area contributed by atoms with Gasteiger partial charge < -0.3 is 11.1 Å². The molecule has 0 saturated carbocycles. The molecule has 0 saturated heterocycles. The molecule has 62 valence electrons. The van der Waals surface area contributed by atoms with E-state index in [4.69, 9.17) is 5.73 Å². The monoisotopic (exact) mass is 153 g/mol. The minimum absolute atomic E-state index is 0.143. The first kappa shape index (κ1) is 8.11. The molecule has 0 atom stereocenters. The molecule has 1 heterocycles. The molecule has 3 nitrogen and oxygen atoms in total. The number of aliphatic imine (C=N–C) groups is 1. The molecule has 1 rings (SSSR count). The van der Waals surface area contributed by atoms with Crippen LogP contribution in [-0.2, 0) is 0 Å². The van der Waals surface area contributed by atoms with E-state index in [2.05, 4.69) is 31.1 Å². The fraction of sp³-hybridized carbons (Fsp3) is 0.625. The molecule has 0 aromatic rings. The van der Waals surface area contributed by atoms with Gasteiger partial charge in [0.05, 0.1) is 12.7 Å². The van der Waals surface area contributed by atoms with E-state index in [1.807, 2.05) is 0 Å². The highest BCUT2D eigenvalue weighted by atomic mass is 15.0. The molecule has 0 spiro atoms. The highest BCUT2D eigenvalue weighted by Gasteiger charge is 2.19. The van der Waals surface area contributed by atoms with Gasteiger partial charge in [0.1, 0.15) is 5.82 Å². The van der Waals surface area contributed by atoms with Gasteiger partial charge in [0.2, 0.25) is 0 Å². The van der Waals surface area contributed by atoms with Crippen molar-refractivity contribution in [2.45, 2.75) is 20.8 Å². The van der Waals surface area contributed by atoms with Crippen LogP contribution >= 0.6 is 0 Å². The van der Waals surface area contributed by atoms with E-state index < -0.39 is 0 Å². The normalized spacial score (nSPS) is 18.5. The Hall–Kier alpha value is -0.990. The van der Waals surface area contributed by atoms with Crippen LogP contribution in [-0.4, -0.2) is 12.3 Å². The molecule has 1 aliphatic rings. The lowest BCUT2D eigenvalue weighted by atomic mass is 9.89. The van der Waals surface area contributed by atoms with Gasteiger partial charge in [-0.2, -0.15) is 0 Å². The molecule has 0 unspecified atom stereocenters. The van der Waals surface area contributed by atoms with Crippen LogP contribution in [0.2, 0.25) is 0 Å². The molecule has 0 aromatic heterocycles. The Labute approximate surface area is 67.4 Å². The maximum atomic E-state index is 5.48. The lowest BCUT2D eigenvalue weighted by Gasteiger charge is -2.24. The molecule has 0 aliphatic carbocycles. The summed E-state index contributed by atoms with van der Waals surface area (Å²) in [5.41, 5.74) is 6.77. The van der Waals surface area contributed by atoms with Crippen LogP contribution in [0.15, 0.2) is 17.0 Å². The summed E-state index contributed by atoms with van der Waals surface area (Å²) in [5.74, 6) is 0.651. The van der Waals surface area contributed by atoms with Gasteiger partial charge >= 0.3 is 0 Å². The molecular formula is C8H15N3. The zero-order valence-corrected chi connectivity index (χ0v) is 7.31. The Morgan fingerprint density at radius 3 is 2.55 bits per heavy atom. The summed E-state index contributed by atoms with van der Waals surface area (Å²) in [6.45, 7) is 7.19. The van der Waals surface area contributed by atoms with Crippen LogP contribution in [0.25, 0.3) is 0 Å². The van der Waals surface area contributed by atoms with Crippen molar-refractivity contribution in [2.75, 3.05) is 6.54 Å². The van der Waals surface area contributed by atoms with Gasteiger partial charge in [-0.05, 0) is 0 Å². The Morgan fingerprint density at radius 1 is 1.55 bits per heavy atom. The molecular weight excluding hydrogens is 138 g/mol. The lowest BCUT2D eigenvalue weighted by molar-refractivity contribution is 0.573. The molecule has 0 fully saturated rings. The van der Waals surface area contributed by atoms with E-state index in [1.165, 1.54) is 0 Å². The minimum Gasteiger partial charge on any atom is -0.384 e. The third-order valence-corrected chi connectivity index (χ3v) is 1.69. The third kappa shape index (κ3) is 1.97. The topological polar surface area (TPSA) is 50.4 Å². The molecule has 0 bridgehead atoms. The fourth-order valence-electron chi connectivity index (χ4n) is 0.883. The lowest BCUT2D eigenvalue weighted by Crippen LogP contribution is -2.36. The molecule has 0 radical (unpaired) electrons. The van der Waals surface area contributed by atoms with E-state index in [-0.39, 0.29) is 5.41 Å². The van der Waals surface area contributed by atoms with Gasteiger partial charge in [0.15, 0.2) is 0 Å². The summed E-state index contributed by atoms with van der Waals surface area (Å²) >= 11 is 0. The second-order valence-electron chi connectivity index (χ2n) is 3.76. The first-order chi connectivity index (χ1) is 5.00. The predicted octanol–water partition coefficient (Wildman–Crippen LogP) is 0.834. The first-order valence-corrected chi connectivity index (χ1v) is 3.77. The van der Waals surface area contributed by atoms with Crippen molar-refractivity contribution in [1.82, 2.24) is 5.32 Å². The summed E-state index contributed by atoms with van der Waals surface area (Å²) in [7, 11) is 0. The molecule has 1 aliphatic heterocycles. The van der Waals surface area contributed by atoms with Crippen molar-refractivity contribution in [3.05, 3.63) is 12.0 Å². The van der Waals surface area contributed by atoms with E-state index in [0.717, 1.165) is 12.3 Å². The van der Waals surface area contributed by atoms with E-state index >= 15 is 0 Å². The third-order valence-electron chi connectivity index (χ3n) is 1.69. The van der Waals surface area contributed by atoms with Gasteiger partial charge in [-0.3, -0.25) is 4.99 Å². The van der Waals surface area contributed by atoms with Gasteiger partial charge in [-0.25, -0.2) is 0 Å². The van der Waals surface area contributed by atoms with Crippen molar-refractivity contribution in [1.29, 1.82) is 0 Å². The van der Waals surface area contributed by atoms with Crippen molar-refractivity contribution in [2.24, 2.45) is 16.1 Å². The van der Waals surface area contributed by atoms with Gasteiger partial charge in [0.25, 0.3) is 0 Å².